The van der Waals surface area contributed by atoms with Crippen LogP contribution >= 0.6 is 0 Å². The van der Waals surface area contributed by atoms with Crippen LogP contribution in [0.1, 0.15) is 31.9 Å². The molecule has 0 aromatic heterocycles. The molecule has 0 heteroatoms. The van der Waals surface area contributed by atoms with E-state index in [1.165, 1.54) is 22.3 Å². The second kappa shape index (κ2) is 4.37. The lowest BCUT2D eigenvalue weighted by Gasteiger charge is -2.22. The lowest BCUT2D eigenvalue weighted by molar-refractivity contribution is 0.586. The minimum Gasteiger partial charge on any atom is -0.0622 e. The second-order valence-electron chi connectivity index (χ2n) is 5.65. The van der Waals surface area contributed by atoms with E-state index in [4.69, 9.17) is 0 Å². The summed E-state index contributed by atoms with van der Waals surface area (Å²) in [6.07, 6.45) is 0. The third kappa shape index (κ3) is 2.58. The van der Waals surface area contributed by atoms with E-state index in [-0.39, 0.29) is 5.41 Å². The lowest BCUT2D eigenvalue weighted by Crippen LogP contribution is -2.12. The Morgan fingerprint density at radius 1 is 0.765 bits per heavy atom. The first-order chi connectivity index (χ1) is 7.98. The van der Waals surface area contributed by atoms with Gasteiger partial charge >= 0.3 is 0 Å². The van der Waals surface area contributed by atoms with E-state index >= 15 is 0 Å². The van der Waals surface area contributed by atoms with Crippen LogP contribution in [0, 0.1) is 6.92 Å². The highest BCUT2D eigenvalue weighted by atomic mass is 14.2. The molecule has 88 valence electrons. The molecule has 17 heavy (non-hydrogen) atoms. The Balaban J connectivity index is 2.45. The number of aryl methyl sites for hydroxylation is 1. The van der Waals surface area contributed by atoms with Crippen molar-refractivity contribution in [3.63, 3.8) is 0 Å². The Morgan fingerprint density at radius 3 is 1.94 bits per heavy atom. The molecule has 2 aromatic carbocycles. The highest BCUT2D eigenvalue weighted by molar-refractivity contribution is 5.65. The molecular formula is C17H20. The van der Waals surface area contributed by atoms with E-state index < -0.39 is 0 Å². The second-order valence-corrected chi connectivity index (χ2v) is 5.65. The smallest absolute Gasteiger partial charge is 0.0129 e. The molecule has 0 heterocycles. The van der Waals surface area contributed by atoms with Crippen molar-refractivity contribution in [3.05, 3.63) is 59.7 Å². The number of benzene rings is 2. The molecule has 0 amide bonds. The van der Waals surface area contributed by atoms with Crippen LogP contribution in [-0.4, -0.2) is 0 Å². The molecule has 0 saturated heterocycles. The van der Waals surface area contributed by atoms with Crippen LogP contribution in [0.15, 0.2) is 48.5 Å². The summed E-state index contributed by atoms with van der Waals surface area (Å²) in [6, 6.07) is 17.3. The molecule has 0 aliphatic heterocycles. The van der Waals surface area contributed by atoms with Crippen LogP contribution in [0.5, 0.6) is 0 Å². The van der Waals surface area contributed by atoms with Gasteiger partial charge in [-0.25, -0.2) is 0 Å². The van der Waals surface area contributed by atoms with Gasteiger partial charge in [0.05, 0.1) is 0 Å². The molecule has 0 nitrogen and oxygen atoms in total. The summed E-state index contributed by atoms with van der Waals surface area (Å²) in [6.45, 7) is 8.99. The van der Waals surface area contributed by atoms with E-state index in [0.717, 1.165) is 0 Å². The van der Waals surface area contributed by atoms with Crippen molar-refractivity contribution < 1.29 is 0 Å². The molecule has 0 radical (unpaired) electrons. The number of hydrogen-bond donors (Lipinski definition) is 0. The summed E-state index contributed by atoms with van der Waals surface area (Å²) in [5.74, 6) is 0. The summed E-state index contributed by atoms with van der Waals surface area (Å²) in [7, 11) is 0. The Labute approximate surface area is 104 Å². The lowest BCUT2D eigenvalue weighted by atomic mass is 9.83. The Morgan fingerprint density at radius 2 is 1.41 bits per heavy atom. The largest absolute Gasteiger partial charge is 0.0622 e. The van der Waals surface area contributed by atoms with Crippen molar-refractivity contribution in [2.24, 2.45) is 0 Å². The maximum atomic E-state index is 2.29. The van der Waals surface area contributed by atoms with Gasteiger partial charge in [0.25, 0.3) is 0 Å². The molecule has 0 unspecified atom stereocenters. The van der Waals surface area contributed by atoms with Gasteiger partial charge in [-0.3, -0.25) is 0 Å². The predicted octanol–water partition coefficient (Wildman–Crippen LogP) is 4.96. The van der Waals surface area contributed by atoms with E-state index in [1.807, 2.05) is 0 Å². The van der Waals surface area contributed by atoms with Gasteiger partial charge < -0.3 is 0 Å². The maximum Gasteiger partial charge on any atom is -0.0129 e. The molecule has 0 spiro atoms. The monoisotopic (exact) mass is 224 g/mol. The minimum absolute atomic E-state index is 0.222. The van der Waals surface area contributed by atoms with Gasteiger partial charge in [0.15, 0.2) is 0 Å². The SMILES string of the molecule is Cc1cc(-c2ccccc2)ccc1C(C)(C)C. The van der Waals surface area contributed by atoms with E-state index in [2.05, 4.69) is 76.2 Å². The molecule has 0 N–H and O–H groups in total. The van der Waals surface area contributed by atoms with Crippen LogP contribution in [0.3, 0.4) is 0 Å². The van der Waals surface area contributed by atoms with Gasteiger partial charge in [0.1, 0.15) is 0 Å². The highest BCUT2D eigenvalue weighted by Gasteiger charge is 2.16. The molecule has 0 fully saturated rings. The summed E-state index contributed by atoms with van der Waals surface area (Å²) < 4.78 is 0. The Hall–Kier alpha value is -1.56. The summed E-state index contributed by atoms with van der Waals surface area (Å²) in [5.41, 5.74) is 5.61. The first-order valence-corrected chi connectivity index (χ1v) is 6.15. The van der Waals surface area contributed by atoms with Crippen molar-refractivity contribution in [2.75, 3.05) is 0 Å². The van der Waals surface area contributed by atoms with Gasteiger partial charge in [0, 0.05) is 0 Å². The molecule has 0 aliphatic rings. The molecule has 0 atom stereocenters. The van der Waals surface area contributed by atoms with Crippen molar-refractivity contribution in [1.82, 2.24) is 0 Å². The van der Waals surface area contributed by atoms with Crippen molar-refractivity contribution in [2.45, 2.75) is 33.1 Å². The molecule has 0 aliphatic carbocycles. The summed E-state index contributed by atoms with van der Waals surface area (Å²) in [4.78, 5) is 0. The van der Waals surface area contributed by atoms with Crippen molar-refractivity contribution >= 4 is 0 Å². The van der Waals surface area contributed by atoms with Crippen LogP contribution in [0.2, 0.25) is 0 Å². The fourth-order valence-corrected chi connectivity index (χ4v) is 2.32. The first-order valence-electron chi connectivity index (χ1n) is 6.15. The van der Waals surface area contributed by atoms with Gasteiger partial charge in [-0.05, 0) is 34.6 Å². The zero-order valence-corrected chi connectivity index (χ0v) is 11.1. The molecular weight excluding hydrogens is 204 g/mol. The van der Waals surface area contributed by atoms with Crippen LogP contribution in [0.25, 0.3) is 11.1 Å². The first kappa shape index (κ1) is 11.9. The quantitative estimate of drug-likeness (QED) is 0.642. The molecule has 2 aromatic rings. The van der Waals surface area contributed by atoms with Gasteiger partial charge in [-0.1, -0.05) is 69.3 Å². The van der Waals surface area contributed by atoms with Crippen molar-refractivity contribution in [1.29, 1.82) is 0 Å². The fraction of sp³-hybridized carbons (Fsp3) is 0.294. The Kier molecular flexibility index (Phi) is 3.06. The van der Waals surface area contributed by atoms with Crippen LogP contribution in [0.4, 0.5) is 0 Å². The van der Waals surface area contributed by atoms with Gasteiger partial charge in [-0.2, -0.15) is 0 Å². The average Bonchev–Trinajstić information content (AvgIpc) is 2.28. The summed E-state index contributed by atoms with van der Waals surface area (Å²) in [5, 5.41) is 0. The Bertz CT molecular complexity index is 501. The predicted molar refractivity (Wildman–Crippen MR) is 75.3 cm³/mol. The molecule has 0 bridgehead atoms. The van der Waals surface area contributed by atoms with Crippen molar-refractivity contribution in [3.8, 4) is 11.1 Å². The normalized spacial score (nSPS) is 11.5. The third-order valence-corrected chi connectivity index (χ3v) is 3.14. The van der Waals surface area contributed by atoms with Gasteiger partial charge in [-0.15, -0.1) is 0 Å². The zero-order chi connectivity index (χ0) is 12.5. The van der Waals surface area contributed by atoms with Gasteiger partial charge in [0.2, 0.25) is 0 Å². The highest BCUT2D eigenvalue weighted by Crippen LogP contribution is 2.29. The minimum atomic E-state index is 0.222. The van der Waals surface area contributed by atoms with E-state index in [1.54, 1.807) is 0 Å². The fourth-order valence-electron chi connectivity index (χ4n) is 2.32. The third-order valence-electron chi connectivity index (χ3n) is 3.14. The van der Waals surface area contributed by atoms with E-state index in [9.17, 15) is 0 Å². The number of hydrogen-bond acceptors (Lipinski definition) is 0. The van der Waals surface area contributed by atoms with Crippen LogP contribution in [-0.2, 0) is 5.41 Å². The molecule has 0 saturated carbocycles. The topological polar surface area (TPSA) is 0 Å². The number of rotatable bonds is 1. The summed E-state index contributed by atoms with van der Waals surface area (Å²) >= 11 is 0. The maximum absolute atomic E-state index is 2.29. The standard InChI is InChI=1S/C17H20/c1-13-12-15(14-8-6-5-7-9-14)10-11-16(13)17(2,3)4/h5-12H,1-4H3. The van der Waals surface area contributed by atoms with E-state index in [0.29, 0.717) is 0 Å². The average molecular weight is 224 g/mol. The zero-order valence-electron chi connectivity index (χ0n) is 11.1. The van der Waals surface area contributed by atoms with Crippen LogP contribution < -0.4 is 0 Å². The molecule has 2 rings (SSSR count).